The lowest BCUT2D eigenvalue weighted by Gasteiger charge is -2.04. The van der Waals surface area contributed by atoms with E-state index >= 15 is 0 Å². The second kappa shape index (κ2) is 4.66. The molecule has 3 rings (SSSR count). The summed E-state index contributed by atoms with van der Waals surface area (Å²) in [6.07, 6.45) is 0. The number of carbonyl (C=O) groups is 1. The molecule has 5 nitrogen and oxygen atoms in total. The fourth-order valence-electron chi connectivity index (χ4n) is 1.71. The maximum Gasteiger partial charge on any atom is 0.272 e. The fraction of sp³-hybridized carbons (Fsp3) is 0. The second-order valence-electron chi connectivity index (χ2n) is 3.92. The van der Waals surface area contributed by atoms with Gasteiger partial charge in [0.1, 0.15) is 5.69 Å². The Morgan fingerprint density at radius 3 is 3.00 bits per heavy atom. The highest BCUT2D eigenvalue weighted by Gasteiger charge is 2.07. The van der Waals surface area contributed by atoms with E-state index in [4.69, 9.17) is 0 Å². The Hall–Kier alpha value is -2.47. The van der Waals surface area contributed by atoms with Gasteiger partial charge in [0.25, 0.3) is 5.91 Å². The summed E-state index contributed by atoms with van der Waals surface area (Å²) >= 11 is 1.51. The lowest BCUT2D eigenvalue weighted by atomic mass is 10.2. The molecule has 0 aliphatic rings. The van der Waals surface area contributed by atoms with E-state index in [2.05, 4.69) is 15.3 Å². The molecule has 2 heterocycles. The SMILES string of the molecule is O=C(Nc1ccc2ncsc2c1)c1cccc(=O)[nH]1. The zero-order chi connectivity index (χ0) is 13.2. The van der Waals surface area contributed by atoms with Gasteiger partial charge in [-0.05, 0) is 24.3 Å². The first-order valence-electron chi connectivity index (χ1n) is 5.56. The van der Waals surface area contributed by atoms with Gasteiger partial charge in [0, 0.05) is 11.8 Å². The Kier molecular flexibility index (Phi) is 2.85. The lowest BCUT2D eigenvalue weighted by molar-refractivity contribution is 0.102. The molecule has 6 heteroatoms. The number of aromatic nitrogens is 2. The summed E-state index contributed by atoms with van der Waals surface area (Å²) in [5.74, 6) is -0.346. The normalized spacial score (nSPS) is 10.5. The largest absolute Gasteiger partial charge is 0.321 e. The molecule has 0 bridgehead atoms. The molecule has 0 atom stereocenters. The molecular weight excluding hydrogens is 262 g/mol. The van der Waals surface area contributed by atoms with Gasteiger partial charge in [-0.3, -0.25) is 9.59 Å². The summed E-state index contributed by atoms with van der Waals surface area (Å²) in [6, 6.07) is 9.93. The number of hydrogen-bond acceptors (Lipinski definition) is 4. The van der Waals surface area contributed by atoms with Crippen LogP contribution >= 0.6 is 11.3 Å². The number of carbonyl (C=O) groups excluding carboxylic acids is 1. The predicted molar refractivity (Wildman–Crippen MR) is 74.6 cm³/mol. The average Bonchev–Trinajstić information content (AvgIpc) is 2.86. The topological polar surface area (TPSA) is 74.8 Å². The second-order valence-corrected chi connectivity index (χ2v) is 4.80. The van der Waals surface area contributed by atoms with Crippen molar-refractivity contribution in [2.75, 3.05) is 5.32 Å². The monoisotopic (exact) mass is 271 g/mol. The number of benzene rings is 1. The van der Waals surface area contributed by atoms with E-state index in [1.54, 1.807) is 23.7 Å². The molecule has 0 aliphatic heterocycles. The van der Waals surface area contributed by atoms with Crippen LogP contribution in [0.3, 0.4) is 0 Å². The van der Waals surface area contributed by atoms with E-state index in [9.17, 15) is 9.59 Å². The molecule has 0 unspecified atom stereocenters. The summed E-state index contributed by atoms with van der Waals surface area (Å²) in [5, 5.41) is 2.74. The van der Waals surface area contributed by atoms with Crippen molar-refractivity contribution in [3.8, 4) is 0 Å². The molecule has 0 radical (unpaired) electrons. The third kappa shape index (κ3) is 2.38. The standard InChI is InChI=1S/C13H9N3O2S/c17-12-3-1-2-10(16-12)13(18)15-8-4-5-9-11(6-8)19-7-14-9/h1-7H,(H,15,18)(H,16,17). The molecule has 1 aromatic carbocycles. The van der Waals surface area contributed by atoms with E-state index in [-0.39, 0.29) is 17.2 Å². The zero-order valence-corrected chi connectivity index (χ0v) is 10.5. The maximum absolute atomic E-state index is 11.9. The van der Waals surface area contributed by atoms with Gasteiger partial charge < -0.3 is 10.3 Å². The van der Waals surface area contributed by atoms with E-state index in [0.29, 0.717) is 5.69 Å². The fourth-order valence-corrected chi connectivity index (χ4v) is 2.43. The highest BCUT2D eigenvalue weighted by Crippen LogP contribution is 2.21. The Bertz CT molecular complexity index is 807. The van der Waals surface area contributed by atoms with E-state index in [1.807, 2.05) is 12.1 Å². The van der Waals surface area contributed by atoms with Crippen molar-refractivity contribution >= 4 is 33.1 Å². The summed E-state index contributed by atoms with van der Waals surface area (Å²) < 4.78 is 0.999. The lowest BCUT2D eigenvalue weighted by Crippen LogP contribution is -2.17. The Morgan fingerprint density at radius 2 is 2.16 bits per heavy atom. The summed E-state index contributed by atoms with van der Waals surface area (Å²) in [6.45, 7) is 0. The van der Waals surface area contributed by atoms with Crippen molar-refractivity contribution in [3.63, 3.8) is 0 Å². The molecule has 0 aliphatic carbocycles. The first kappa shape index (κ1) is 11.6. The van der Waals surface area contributed by atoms with Crippen LogP contribution in [0.25, 0.3) is 10.2 Å². The highest BCUT2D eigenvalue weighted by molar-refractivity contribution is 7.16. The molecule has 94 valence electrons. The summed E-state index contributed by atoms with van der Waals surface area (Å²) in [5.41, 5.74) is 3.26. The number of nitrogens with one attached hydrogen (secondary N) is 2. The van der Waals surface area contributed by atoms with Crippen LogP contribution in [0.5, 0.6) is 0 Å². The third-order valence-electron chi connectivity index (χ3n) is 2.60. The van der Waals surface area contributed by atoms with Gasteiger partial charge in [-0.1, -0.05) is 6.07 Å². The van der Waals surface area contributed by atoms with Crippen LogP contribution in [-0.4, -0.2) is 15.9 Å². The van der Waals surface area contributed by atoms with E-state index < -0.39 is 0 Å². The van der Waals surface area contributed by atoms with Gasteiger partial charge >= 0.3 is 0 Å². The Balaban J connectivity index is 1.88. The van der Waals surface area contributed by atoms with Crippen LogP contribution in [0.2, 0.25) is 0 Å². The molecule has 0 saturated heterocycles. The van der Waals surface area contributed by atoms with Gasteiger partial charge in [-0.25, -0.2) is 4.98 Å². The van der Waals surface area contributed by atoms with Crippen molar-refractivity contribution in [1.82, 2.24) is 9.97 Å². The van der Waals surface area contributed by atoms with Gasteiger partial charge in [0.2, 0.25) is 5.56 Å². The van der Waals surface area contributed by atoms with Crippen LogP contribution in [0.15, 0.2) is 46.7 Å². The van der Waals surface area contributed by atoms with E-state index in [0.717, 1.165) is 10.2 Å². The number of anilines is 1. The maximum atomic E-state index is 11.9. The first-order valence-corrected chi connectivity index (χ1v) is 6.44. The minimum absolute atomic E-state index is 0.233. The number of aromatic amines is 1. The number of thiazole rings is 1. The molecule has 3 aromatic rings. The third-order valence-corrected chi connectivity index (χ3v) is 3.39. The van der Waals surface area contributed by atoms with Crippen molar-refractivity contribution in [2.45, 2.75) is 0 Å². The van der Waals surface area contributed by atoms with Gasteiger partial charge in [0.15, 0.2) is 0 Å². The number of rotatable bonds is 2. The average molecular weight is 271 g/mol. The van der Waals surface area contributed by atoms with E-state index in [1.165, 1.54) is 17.4 Å². The van der Waals surface area contributed by atoms with Crippen molar-refractivity contribution in [2.24, 2.45) is 0 Å². The summed E-state index contributed by atoms with van der Waals surface area (Å²) in [7, 11) is 0. The Morgan fingerprint density at radius 1 is 1.26 bits per heavy atom. The van der Waals surface area contributed by atoms with Crippen molar-refractivity contribution in [1.29, 1.82) is 0 Å². The number of hydrogen-bond donors (Lipinski definition) is 2. The molecular formula is C13H9N3O2S. The number of pyridine rings is 1. The molecule has 2 N–H and O–H groups in total. The van der Waals surface area contributed by atoms with Crippen LogP contribution in [0.4, 0.5) is 5.69 Å². The van der Waals surface area contributed by atoms with Gasteiger partial charge in [0.05, 0.1) is 15.7 Å². The zero-order valence-electron chi connectivity index (χ0n) is 9.71. The van der Waals surface area contributed by atoms with Crippen LogP contribution in [0, 0.1) is 0 Å². The molecule has 2 aromatic heterocycles. The van der Waals surface area contributed by atoms with Gasteiger partial charge in [-0.15, -0.1) is 11.3 Å². The van der Waals surface area contributed by atoms with Gasteiger partial charge in [-0.2, -0.15) is 0 Å². The van der Waals surface area contributed by atoms with Crippen molar-refractivity contribution < 1.29 is 4.79 Å². The Labute approximate surface area is 111 Å². The number of fused-ring (bicyclic) bond motifs is 1. The number of nitrogens with zero attached hydrogens (tertiary/aromatic N) is 1. The smallest absolute Gasteiger partial charge is 0.272 e. The highest BCUT2D eigenvalue weighted by atomic mass is 32.1. The molecule has 1 amide bonds. The molecule has 0 spiro atoms. The minimum atomic E-state index is -0.346. The van der Waals surface area contributed by atoms with Crippen LogP contribution in [-0.2, 0) is 0 Å². The molecule has 0 fully saturated rings. The molecule has 0 saturated carbocycles. The van der Waals surface area contributed by atoms with Crippen LogP contribution < -0.4 is 10.9 Å². The number of H-pyrrole nitrogens is 1. The van der Waals surface area contributed by atoms with Crippen LogP contribution in [0.1, 0.15) is 10.5 Å². The quantitative estimate of drug-likeness (QED) is 0.750. The minimum Gasteiger partial charge on any atom is -0.321 e. The number of amides is 1. The predicted octanol–water partition coefficient (Wildman–Crippen LogP) is 2.24. The first-order chi connectivity index (χ1) is 9.22. The molecule has 19 heavy (non-hydrogen) atoms. The summed E-state index contributed by atoms with van der Waals surface area (Å²) in [4.78, 5) is 29.7. The van der Waals surface area contributed by atoms with Crippen molar-refractivity contribution in [3.05, 3.63) is 58.0 Å².